The van der Waals surface area contributed by atoms with Crippen molar-refractivity contribution in [3.05, 3.63) is 59.2 Å². The number of rotatable bonds is 5. The Balaban J connectivity index is 1.57. The van der Waals surface area contributed by atoms with Crippen LogP contribution in [0, 0.1) is 0 Å². The molecule has 0 fully saturated rings. The maximum atomic E-state index is 5.38. The summed E-state index contributed by atoms with van der Waals surface area (Å²) < 4.78 is 10.7. The van der Waals surface area contributed by atoms with Gasteiger partial charge in [0.05, 0.1) is 14.2 Å². The lowest BCUT2D eigenvalue weighted by Gasteiger charge is -2.31. The summed E-state index contributed by atoms with van der Waals surface area (Å²) in [4.78, 5) is 6.78. The summed E-state index contributed by atoms with van der Waals surface area (Å²) in [5.74, 6) is 2.48. The van der Waals surface area contributed by atoms with Crippen LogP contribution in [0.4, 0.5) is 0 Å². The van der Waals surface area contributed by atoms with Crippen molar-refractivity contribution >= 4 is 5.96 Å². The van der Waals surface area contributed by atoms with Crippen LogP contribution in [-0.4, -0.2) is 45.2 Å². The highest BCUT2D eigenvalue weighted by atomic mass is 16.5. The number of benzene rings is 2. The van der Waals surface area contributed by atoms with Crippen LogP contribution in [0.1, 0.15) is 16.7 Å². The number of nitrogens with one attached hydrogen (secondary N) is 1. The zero-order valence-electron chi connectivity index (χ0n) is 15.8. The van der Waals surface area contributed by atoms with Gasteiger partial charge < -0.3 is 19.7 Å². The highest BCUT2D eigenvalue weighted by Gasteiger charge is 2.18. The van der Waals surface area contributed by atoms with Crippen molar-refractivity contribution in [3.8, 4) is 11.5 Å². The molecular weight excluding hydrogens is 326 g/mol. The van der Waals surface area contributed by atoms with E-state index in [-0.39, 0.29) is 0 Å². The van der Waals surface area contributed by atoms with Gasteiger partial charge in [0.25, 0.3) is 0 Å². The van der Waals surface area contributed by atoms with Crippen LogP contribution in [0.25, 0.3) is 0 Å². The number of aliphatic imine (C=N–C) groups is 1. The first-order chi connectivity index (χ1) is 12.7. The van der Waals surface area contributed by atoms with Crippen molar-refractivity contribution in [1.82, 2.24) is 10.2 Å². The maximum Gasteiger partial charge on any atom is 0.193 e. The molecule has 2 aromatic rings. The van der Waals surface area contributed by atoms with E-state index < -0.39 is 0 Å². The average molecular weight is 353 g/mol. The molecule has 0 amide bonds. The lowest BCUT2D eigenvalue weighted by Crippen LogP contribution is -2.44. The molecular formula is C21H27N3O2. The van der Waals surface area contributed by atoms with E-state index in [0.717, 1.165) is 49.9 Å². The summed E-state index contributed by atoms with van der Waals surface area (Å²) >= 11 is 0. The number of hydrogen-bond donors (Lipinski definition) is 1. The molecule has 1 aliphatic heterocycles. The molecule has 138 valence electrons. The molecule has 0 atom stereocenters. The van der Waals surface area contributed by atoms with Gasteiger partial charge in [-0.05, 0) is 41.7 Å². The van der Waals surface area contributed by atoms with E-state index in [0.29, 0.717) is 0 Å². The third-order valence-electron chi connectivity index (χ3n) is 4.79. The van der Waals surface area contributed by atoms with Gasteiger partial charge in [0, 0.05) is 26.7 Å². The fraction of sp³-hybridized carbons (Fsp3) is 0.381. The minimum absolute atomic E-state index is 0.756. The van der Waals surface area contributed by atoms with Crippen LogP contribution >= 0.6 is 0 Å². The number of nitrogens with zero attached hydrogens (tertiary/aromatic N) is 2. The summed E-state index contributed by atoms with van der Waals surface area (Å²) in [7, 11) is 5.16. The Labute approximate surface area is 155 Å². The third kappa shape index (κ3) is 4.10. The predicted octanol–water partition coefficient (Wildman–Crippen LogP) is 2.88. The summed E-state index contributed by atoms with van der Waals surface area (Å²) in [5, 5.41) is 3.49. The van der Waals surface area contributed by atoms with E-state index in [4.69, 9.17) is 9.47 Å². The number of fused-ring (bicyclic) bond motifs is 1. The third-order valence-corrected chi connectivity index (χ3v) is 4.79. The molecule has 1 heterocycles. The van der Waals surface area contributed by atoms with E-state index in [1.54, 1.807) is 14.2 Å². The van der Waals surface area contributed by atoms with E-state index in [1.807, 2.05) is 19.2 Å². The van der Waals surface area contributed by atoms with Crippen LogP contribution in [0.3, 0.4) is 0 Å². The molecule has 1 N–H and O–H groups in total. The molecule has 0 spiro atoms. The summed E-state index contributed by atoms with van der Waals surface area (Å²) in [5.41, 5.74) is 4.04. The van der Waals surface area contributed by atoms with Gasteiger partial charge in [0.15, 0.2) is 17.5 Å². The fourth-order valence-corrected chi connectivity index (χ4v) is 3.36. The van der Waals surface area contributed by atoms with Gasteiger partial charge in [0.1, 0.15) is 0 Å². The van der Waals surface area contributed by atoms with Crippen LogP contribution in [0.2, 0.25) is 0 Å². The molecule has 26 heavy (non-hydrogen) atoms. The van der Waals surface area contributed by atoms with Crippen LogP contribution in [0.15, 0.2) is 47.5 Å². The molecule has 5 nitrogen and oxygen atoms in total. The molecule has 5 heteroatoms. The van der Waals surface area contributed by atoms with Gasteiger partial charge in [-0.15, -0.1) is 0 Å². The van der Waals surface area contributed by atoms with Gasteiger partial charge in [-0.3, -0.25) is 4.99 Å². The van der Waals surface area contributed by atoms with E-state index in [2.05, 4.69) is 45.5 Å². The predicted molar refractivity (Wildman–Crippen MR) is 105 cm³/mol. The first kappa shape index (κ1) is 18.1. The highest BCUT2D eigenvalue weighted by Crippen LogP contribution is 2.27. The minimum atomic E-state index is 0.756. The van der Waals surface area contributed by atoms with E-state index in [9.17, 15) is 0 Å². The Morgan fingerprint density at radius 1 is 1.08 bits per heavy atom. The summed E-state index contributed by atoms with van der Waals surface area (Å²) in [6, 6.07) is 14.7. The van der Waals surface area contributed by atoms with Crippen molar-refractivity contribution in [3.63, 3.8) is 0 Å². The Hall–Kier alpha value is -2.69. The number of ether oxygens (including phenoxy) is 2. The lowest BCUT2D eigenvalue weighted by atomic mass is 10.0. The lowest BCUT2D eigenvalue weighted by molar-refractivity contribution is 0.354. The molecule has 0 radical (unpaired) electrons. The van der Waals surface area contributed by atoms with Crippen LogP contribution in [0.5, 0.6) is 11.5 Å². The second-order valence-corrected chi connectivity index (χ2v) is 6.35. The van der Waals surface area contributed by atoms with Gasteiger partial charge in [0.2, 0.25) is 0 Å². The average Bonchev–Trinajstić information content (AvgIpc) is 2.70. The van der Waals surface area contributed by atoms with Crippen molar-refractivity contribution in [2.45, 2.75) is 19.4 Å². The molecule has 0 aromatic heterocycles. The highest BCUT2D eigenvalue weighted by molar-refractivity contribution is 5.80. The number of hydrogen-bond acceptors (Lipinski definition) is 3. The smallest absolute Gasteiger partial charge is 0.193 e. The maximum absolute atomic E-state index is 5.38. The fourth-order valence-electron chi connectivity index (χ4n) is 3.36. The SMILES string of the molecule is CN=C(NCCc1ccc(OC)c(OC)c1)N1CCc2ccccc2C1. The summed E-state index contributed by atoms with van der Waals surface area (Å²) in [6.45, 7) is 2.72. The molecule has 0 aliphatic carbocycles. The van der Waals surface area contributed by atoms with Gasteiger partial charge in [-0.25, -0.2) is 0 Å². The second-order valence-electron chi connectivity index (χ2n) is 6.35. The summed E-state index contributed by atoms with van der Waals surface area (Å²) in [6.07, 6.45) is 1.95. The first-order valence-corrected chi connectivity index (χ1v) is 8.98. The Bertz CT molecular complexity index is 774. The van der Waals surface area contributed by atoms with Crippen molar-refractivity contribution in [2.75, 3.05) is 34.4 Å². The number of methoxy groups -OCH3 is 2. The molecule has 0 saturated carbocycles. The molecule has 0 bridgehead atoms. The minimum Gasteiger partial charge on any atom is -0.493 e. The molecule has 0 unspecified atom stereocenters. The molecule has 2 aromatic carbocycles. The molecule has 3 rings (SSSR count). The number of guanidine groups is 1. The topological polar surface area (TPSA) is 46.1 Å². The Morgan fingerprint density at radius 2 is 1.85 bits per heavy atom. The van der Waals surface area contributed by atoms with Crippen LogP contribution < -0.4 is 14.8 Å². The van der Waals surface area contributed by atoms with Crippen molar-refractivity contribution in [2.24, 2.45) is 4.99 Å². The monoisotopic (exact) mass is 353 g/mol. The van der Waals surface area contributed by atoms with Gasteiger partial charge in [-0.1, -0.05) is 30.3 Å². The quantitative estimate of drug-likeness (QED) is 0.663. The first-order valence-electron chi connectivity index (χ1n) is 8.98. The van der Waals surface area contributed by atoms with Crippen molar-refractivity contribution in [1.29, 1.82) is 0 Å². The molecule has 0 saturated heterocycles. The van der Waals surface area contributed by atoms with Gasteiger partial charge >= 0.3 is 0 Å². The Morgan fingerprint density at radius 3 is 2.58 bits per heavy atom. The standard InChI is InChI=1S/C21H27N3O2/c1-22-21(24-13-11-17-6-4-5-7-18(17)15-24)23-12-10-16-8-9-19(25-2)20(14-16)26-3/h4-9,14H,10-13,15H2,1-3H3,(H,22,23). The van der Waals surface area contributed by atoms with Crippen molar-refractivity contribution < 1.29 is 9.47 Å². The van der Waals surface area contributed by atoms with Crippen LogP contribution in [-0.2, 0) is 19.4 Å². The Kier molecular flexibility index (Phi) is 6.00. The van der Waals surface area contributed by atoms with Gasteiger partial charge in [-0.2, -0.15) is 0 Å². The zero-order chi connectivity index (χ0) is 18.4. The molecule has 1 aliphatic rings. The largest absolute Gasteiger partial charge is 0.493 e. The normalized spacial score (nSPS) is 14.0. The second kappa shape index (κ2) is 8.61. The zero-order valence-corrected chi connectivity index (χ0v) is 15.8. The van der Waals surface area contributed by atoms with E-state index in [1.165, 1.54) is 16.7 Å². The van der Waals surface area contributed by atoms with E-state index >= 15 is 0 Å².